The Morgan fingerprint density at radius 1 is 1.32 bits per heavy atom. The number of halogens is 1. The first-order valence-electron chi connectivity index (χ1n) is 7.00. The van der Waals surface area contributed by atoms with Crippen molar-refractivity contribution in [3.8, 4) is 0 Å². The lowest BCUT2D eigenvalue weighted by atomic mass is 10.0. The molecule has 1 aliphatic heterocycles. The zero-order valence-corrected chi connectivity index (χ0v) is 11.6. The third kappa shape index (κ3) is 3.25. The molecule has 0 saturated carbocycles. The smallest absolute Gasteiger partial charge is 0.224 e. The van der Waals surface area contributed by atoms with Crippen molar-refractivity contribution in [2.75, 3.05) is 17.2 Å². The van der Waals surface area contributed by atoms with E-state index in [1.54, 1.807) is 6.07 Å². The molecule has 19 heavy (non-hydrogen) atoms. The molecule has 0 radical (unpaired) electrons. The summed E-state index contributed by atoms with van der Waals surface area (Å²) in [6.45, 7) is 5.04. The lowest BCUT2D eigenvalue weighted by molar-refractivity contribution is -0.116. The Bertz CT molecular complexity index is 469. The van der Waals surface area contributed by atoms with Gasteiger partial charge in [-0.3, -0.25) is 4.79 Å². The molecule has 1 aliphatic rings. The quantitative estimate of drug-likeness (QED) is 0.853. The van der Waals surface area contributed by atoms with E-state index < -0.39 is 0 Å². The van der Waals surface area contributed by atoms with Crippen LogP contribution in [0.25, 0.3) is 0 Å². The molecule has 1 heterocycles. The van der Waals surface area contributed by atoms with Gasteiger partial charge in [0.2, 0.25) is 5.91 Å². The minimum atomic E-state index is -0.235. The van der Waals surface area contributed by atoms with Crippen LogP contribution in [0.15, 0.2) is 12.1 Å². The summed E-state index contributed by atoms with van der Waals surface area (Å²) in [6.07, 6.45) is 3.21. The second-order valence-corrected chi connectivity index (χ2v) is 5.10. The molecule has 2 rings (SSSR count). The fourth-order valence-electron chi connectivity index (χ4n) is 2.37. The normalized spacial score (nSPS) is 14.2. The molecule has 0 saturated heterocycles. The first-order chi connectivity index (χ1) is 9.13. The van der Waals surface area contributed by atoms with Gasteiger partial charge in [-0.1, -0.05) is 26.7 Å². The number of carbonyl (C=O) groups excluding carboxylic acids is 1. The minimum absolute atomic E-state index is 0.00468. The monoisotopic (exact) mass is 264 g/mol. The molecular weight excluding hydrogens is 243 g/mol. The van der Waals surface area contributed by atoms with E-state index in [0.717, 1.165) is 30.6 Å². The van der Waals surface area contributed by atoms with Crippen LogP contribution in [0.4, 0.5) is 15.8 Å². The topological polar surface area (TPSA) is 41.1 Å². The molecule has 0 fully saturated rings. The van der Waals surface area contributed by atoms with Crippen molar-refractivity contribution in [1.29, 1.82) is 0 Å². The number of rotatable bonds is 5. The third-order valence-electron chi connectivity index (χ3n) is 3.82. The van der Waals surface area contributed by atoms with Gasteiger partial charge in [0, 0.05) is 18.7 Å². The summed E-state index contributed by atoms with van der Waals surface area (Å²) in [5.41, 5.74) is 2.10. The van der Waals surface area contributed by atoms with Crippen LogP contribution in [0.1, 0.15) is 38.7 Å². The number of fused-ring (bicyclic) bond motifs is 1. The van der Waals surface area contributed by atoms with Crippen LogP contribution in [-0.4, -0.2) is 12.5 Å². The van der Waals surface area contributed by atoms with E-state index in [-0.39, 0.29) is 11.7 Å². The predicted molar refractivity (Wildman–Crippen MR) is 75.9 cm³/mol. The number of amides is 1. The Balaban J connectivity index is 2.13. The molecule has 0 bridgehead atoms. The van der Waals surface area contributed by atoms with Crippen molar-refractivity contribution < 1.29 is 9.18 Å². The van der Waals surface area contributed by atoms with Gasteiger partial charge in [0.05, 0.1) is 5.69 Å². The highest BCUT2D eigenvalue weighted by Gasteiger charge is 2.17. The summed E-state index contributed by atoms with van der Waals surface area (Å²) >= 11 is 0. The zero-order chi connectivity index (χ0) is 13.8. The number of hydrogen-bond donors (Lipinski definition) is 2. The standard InChI is InChI=1S/C15H21FN2O/c1-3-10(4-2)9-17-14-8-13-11(7-12(14)16)5-6-15(19)18-13/h7-8,10,17H,3-6,9H2,1-2H3,(H,18,19). The van der Waals surface area contributed by atoms with Crippen molar-refractivity contribution in [2.24, 2.45) is 5.92 Å². The number of carbonyl (C=O) groups is 1. The van der Waals surface area contributed by atoms with Crippen molar-refractivity contribution in [2.45, 2.75) is 39.5 Å². The molecule has 2 N–H and O–H groups in total. The van der Waals surface area contributed by atoms with Crippen LogP contribution in [-0.2, 0) is 11.2 Å². The Morgan fingerprint density at radius 3 is 2.74 bits per heavy atom. The lowest BCUT2D eigenvalue weighted by Gasteiger charge is -2.20. The second-order valence-electron chi connectivity index (χ2n) is 5.10. The number of anilines is 2. The first-order valence-corrected chi connectivity index (χ1v) is 7.00. The van der Waals surface area contributed by atoms with Gasteiger partial charge < -0.3 is 10.6 Å². The van der Waals surface area contributed by atoms with E-state index in [4.69, 9.17) is 0 Å². The molecule has 1 aromatic carbocycles. The molecule has 0 spiro atoms. The Morgan fingerprint density at radius 2 is 2.05 bits per heavy atom. The summed E-state index contributed by atoms with van der Waals surface area (Å²) in [5.74, 6) is 0.316. The summed E-state index contributed by atoms with van der Waals surface area (Å²) in [6, 6.07) is 3.24. The van der Waals surface area contributed by atoms with Gasteiger partial charge in [0.15, 0.2) is 0 Å². The van der Waals surface area contributed by atoms with Gasteiger partial charge in [0.1, 0.15) is 5.82 Å². The Hall–Kier alpha value is -1.58. The molecule has 1 amide bonds. The lowest BCUT2D eigenvalue weighted by Crippen LogP contribution is -2.20. The van der Waals surface area contributed by atoms with E-state index >= 15 is 0 Å². The highest BCUT2D eigenvalue weighted by Crippen LogP contribution is 2.28. The molecule has 0 aliphatic carbocycles. The number of aryl methyl sites for hydroxylation is 1. The zero-order valence-electron chi connectivity index (χ0n) is 11.6. The molecule has 4 heteroatoms. The van der Waals surface area contributed by atoms with Crippen LogP contribution in [0, 0.1) is 11.7 Å². The van der Waals surface area contributed by atoms with Crippen LogP contribution in [0.3, 0.4) is 0 Å². The third-order valence-corrected chi connectivity index (χ3v) is 3.82. The van der Waals surface area contributed by atoms with Gasteiger partial charge in [-0.2, -0.15) is 0 Å². The molecule has 104 valence electrons. The van der Waals surface area contributed by atoms with Gasteiger partial charge >= 0.3 is 0 Å². The SMILES string of the molecule is CCC(CC)CNc1cc2c(cc1F)CCC(=O)N2. The summed E-state index contributed by atoms with van der Waals surface area (Å²) in [7, 11) is 0. The maximum Gasteiger partial charge on any atom is 0.224 e. The highest BCUT2D eigenvalue weighted by molar-refractivity contribution is 5.94. The van der Waals surface area contributed by atoms with Crippen molar-refractivity contribution >= 4 is 17.3 Å². The summed E-state index contributed by atoms with van der Waals surface area (Å²) in [5, 5.41) is 5.95. The maximum absolute atomic E-state index is 14.0. The van der Waals surface area contributed by atoms with Crippen molar-refractivity contribution in [3.63, 3.8) is 0 Å². The highest BCUT2D eigenvalue weighted by atomic mass is 19.1. The minimum Gasteiger partial charge on any atom is -0.382 e. The molecular formula is C15H21FN2O. The second kappa shape index (κ2) is 6.04. The molecule has 3 nitrogen and oxygen atoms in total. The average Bonchev–Trinajstić information content (AvgIpc) is 2.40. The van der Waals surface area contributed by atoms with Crippen LogP contribution in [0.5, 0.6) is 0 Å². The maximum atomic E-state index is 14.0. The Labute approximate surface area is 113 Å². The van der Waals surface area contributed by atoms with Crippen LogP contribution in [0.2, 0.25) is 0 Å². The van der Waals surface area contributed by atoms with Crippen LogP contribution < -0.4 is 10.6 Å². The number of nitrogens with one attached hydrogen (secondary N) is 2. The average molecular weight is 264 g/mol. The Kier molecular flexibility index (Phi) is 4.40. The fraction of sp³-hybridized carbons (Fsp3) is 0.533. The number of hydrogen-bond acceptors (Lipinski definition) is 2. The summed E-state index contributed by atoms with van der Waals surface area (Å²) < 4.78 is 14.0. The van der Waals surface area contributed by atoms with E-state index in [9.17, 15) is 9.18 Å². The van der Waals surface area contributed by atoms with Gasteiger partial charge in [-0.25, -0.2) is 4.39 Å². The van der Waals surface area contributed by atoms with E-state index in [1.807, 2.05) is 0 Å². The molecule has 0 atom stereocenters. The molecule has 0 unspecified atom stereocenters. The van der Waals surface area contributed by atoms with Gasteiger partial charge in [-0.05, 0) is 30.0 Å². The number of benzene rings is 1. The predicted octanol–water partition coefficient (Wildman–Crippen LogP) is 3.56. The van der Waals surface area contributed by atoms with Crippen molar-refractivity contribution in [1.82, 2.24) is 0 Å². The fourth-order valence-corrected chi connectivity index (χ4v) is 2.37. The van der Waals surface area contributed by atoms with Crippen molar-refractivity contribution in [3.05, 3.63) is 23.5 Å². The van der Waals surface area contributed by atoms with Gasteiger partial charge in [-0.15, -0.1) is 0 Å². The van der Waals surface area contributed by atoms with E-state index in [2.05, 4.69) is 24.5 Å². The van der Waals surface area contributed by atoms with Gasteiger partial charge in [0.25, 0.3) is 0 Å². The van der Waals surface area contributed by atoms with E-state index in [1.165, 1.54) is 6.07 Å². The molecule has 0 aromatic heterocycles. The first kappa shape index (κ1) is 13.8. The summed E-state index contributed by atoms with van der Waals surface area (Å²) in [4.78, 5) is 11.4. The van der Waals surface area contributed by atoms with E-state index in [0.29, 0.717) is 24.4 Å². The van der Waals surface area contributed by atoms with Crippen LogP contribution >= 0.6 is 0 Å². The largest absolute Gasteiger partial charge is 0.382 e. The molecule has 1 aromatic rings.